The van der Waals surface area contributed by atoms with Gasteiger partial charge >= 0.3 is 0 Å². The number of benzene rings is 2. The summed E-state index contributed by atoms with van der Waals surface area (Å²) in [7, 11) is -3.53. The van der Waals surface area contributed by atoms with Crippen molar-refractivity contribution in [2.75, 3.05) is 0 Å². The van der Waals surface area contributed by atoms with Crippen molar-refractivity contribution in [3.05, 3.63) is 64.4 Å². The fourth-order valence-electron chi connectivity index (χ4n) is 2.02. The van der Waals surface area contributed by atoms with E-state index in [0.29, 0.717) is 10.4 Å². The highest BCUT2D eigenvalue weighted by Crippen LogP contribution is 2.25. The Bertz CT molecular complexity index is 838. The number of nitrogens with zero attached hydrogens (tertiary/aromatic N) is 1. The summed E-state index contributed by atoms with van der Waals surface area (Å²) < 4.78 is 27.5. The first-order valence-electron chi connectivity index (χ1n) is 5.67. The van der Waals surface area contributed by atoms with Crippen molar-refractivity contribution >= 4 is 43.5 Å². The molecule has 0 atom stereocenters. The predicted octanol–water partition coefficient (Wildman–Crippen LogP) is 3.48. The van der Waals surface area contributed by atoms with E-state index in [1.807, 2.05) is 24.3 Å². The molecule has 0 saturated heterocycles. The Morgan fingerprint density at radius 3 is 2.37 bits per heavy atom. The van der Waals surface area contributed by atoms with Gasteiger partial charge < -0.3 is 0 Å². The SMILES string of the molecule is O=S(=O)(c1ccccc1)n1ccc2c(I)cccc21. The minimum absolute atomic E-state index is 0.298. The van der Waals surface area contributed by atoms with E-state index in [4.69, 9.17) is 0 Å². The molecule has 0 amide bonds. The first kappa shape index (κ1) is 12.7. The number of halogens is 1. The van der Waals surface area contributed by atoms with Crippen LogP contribution in [0.3, 0.4) is 0 Å². The van der Waals surface area contributed by atoms with Crippen LogP contribution in [-0.2, 0) is 10.0 Å². The van der Waals surface area contributed by atoms with Crippen LogP contribution in [0.1, 0.15) is 0 Å². The van der Waals surface area contributed by atoms with Gasteiger partial charge in [0.2, 0.25) is 0 Å². The summed E-state index contributed by atoms with van der Waals surface area (Å²) in [6, 6.07) is 15.9. The molecule has 1 heterocycles. The average Bonchev–Trinajstić information content (AvgIpc) is 2.86. The van der Waals surface area contributed by atoms with Gasteiger partial charge in [0.15, 0.2) is 0 Å². The molecule has 3 aromatic rings. The topological polar surface area (TPSA) is 39.1 Å². The third-order valence-electron chi connectivity index (χ3n) is 2.94. The standard InChI is InChI=1S/C14H10INO2S/c15-13-7-4-8-14-12(13)9-10-16(14)19(17,18)11-5-2-1-3-6-11/h1-10H. The molecule has 3 rings (SSSR count). The van der Waals surface area contributed by atoms with Gasteiger partial charge in [0.25, 0.3) is 10.0 Å². The quantitative estimate of drug-likeness (QED) is 0.636. The van der Waals surface area contributed by atoms with Gasteiger partial charge in [0.1, 0.15) is 0 Å². The molecule has 0 saturated carbocycles. The van der Waals surface area contributed by atoms with Crippen molar-refractivity contribution in [1.29, 1.82) is 0 Å². The Labute approximate surface area is 125 Å². The van der Waals surface area contributed by atoms with Crippen molar-refractivity contribution in [2.24, 2.45) is 0 Å². The van der Waals surface area contributed by atoms with Crippen molar-refractivity contribution in [3.63, 3.8) is 0 Å². The third-order valence-corrected chi connectivity index (χ3v) is 5.59. The number of hydrogen-bond donors (Lipinski definition) is 0. The van der Waals surface area contributed by atoms with Crippen LogP contribution in [0.5, 0.6) is 0 Å². The van der Waals surface area contributed by atoms with Gasteiger partial charge in [0, 0.05) is 15.2 Å². The van der Waals surface area contributed by atoms with Crippen LogP contribution < -0.4 is 0 Å². The molecule has 0 N–H and O–H groups in total. The van der Waals surface area contributed by atoms with Crippen LogP contribution in [0, 0.1) is 3.57 Å². The van der Waals surface area contributed by atoms with Gasteiger partial charge in [-0.25, -0.2) is 12.4 Å². The van der Waals surface area contributed by atoms with Crippen LogP contribution in [-0.4, -0.2) is 12.4 Å². The molecule has 3 nitrogen and oxygen atoms in total. The van der Waals surface area contributed by atoms with Crippen LogP contribution in [0.4, 0.5) is 0 Å². The third kappa shape index (κ3) is 2.06. The summed E-state index contributed by atoms with van der Waals surface area (Å²) >= 11 is 2.21. The van der Waals surface area contributed by atoms with Crippen LogP contribution in [0.25, 0.3) is 10.9 Å². The number of aromatic nitrogens is 1. The van der Waals surface area contributed by atoms with E-state index in [2.05, 4.69) is 22.6 Å². The van der Waals surface area contributed by atoms with E-state index in [1.165, 1.54) is 3.97 Å². The molecule has 0 aliphatic heterocycles. The minimum Gasteiger partial charge on any atom is -0.241 e. The highest BCUT2D eigenvalue weighted by Gasteiger charge is 2.18. The fraction of sp³-hybridized carbons (Fsp3) is 0. The molecule has 5 heteroatoms. The Morgan fingerprint density at radius 1 is 0.895 bits per heavy atom. The summed E-state index contributed by atoms with van der Waals surface area (Å²) in [4.78, 5) is 0.298. The van der Waals surface area contributed by atoms with Gasteiger partial charge in [-0.1, -0.05) is 24.3 Å². The maximum Gasteiger partial charge on any atom is 0.268 e. The van der Waals surface area contributed by atoms with Gasteiger partial charge in [-0.05, 0) is 52.9 Å². The van der Waals surface area contributed by atoms with Crippen molar-refractivity contribution in [2.45, 2.75) is 4.90 Å². The molecular formula is C14H10INO2S. The highest BCUT2D eigenvalue weighted by atomic mass is 127. The lowest BCUT2D eigenvalue weighted by atomic mass is 10.3. The summed E-state index contributed by atoms with van der Waals surface area (Å²) in [6.07, 6.45) is 1.61. The monoisotopic (exact) mass is 383 g/mol. The Balaban J connectivity index is 2.29. The zero-order chi connectivity index (χ0) is 13.5. The molecule has 0 bridgehead atoms. The smallest absolute Gasteiger partial charge is 0.241 e. The molecule has 0 fully saturated rings. The number of rotatable bonds is 2. The fourth-order valence-corrected chi connectivity index (χ4v) is 4.05. The Morgan fingerprint density at radius 2 is 1.63 bits per heavy atom. The second-order valence-corrected chi connectivity index (χ2v) is 7.08. The summed E-state index contributed by atoms with van der Waals surface area (Å²) in [5, 5.41) is 0.947. The summed E-state index contributed by atoms with van der Waals surface area (Å²) in [6.45, 7) is 0. The molecule has 1 aromatic heterocycles. The molecule has 0 unspecified atom stereocenters. The number of hydrogen-bond acceptors (Lipinski definition) is 2. The molecule has 2 aromatic carbocycles. The first-order valence-corrected chi connectivity index (χ1v) is 8.19. The van der Waals surface area contributed by atoms with Crippen molar-refractivity contribution < 1.29 is 8.42 Å². The van der Waals surface area contributed by atoms with E-state index >= 15 is 0 Å². The van der Waals surface area contributed by atoms with Gasteiger partial charge in [0.05, 0.1) is 10.4 Å². The molecule has 0 radical (unpaired) electrons. The van der Waals surface area contributed by atoms with E-state index in [9.17, 15) is 8.42 Å². The zero-order valence-corrected chi connectivity index (χ0v) is 12.8. The predicted molar refractivity (Wildman–Crippen MR) is 83.7 cm³/mol. The first-order chi connectivity index (χ1) is 9.10. The number of fused-ring (bicyclic) bond motifs is 1. The summed E-state index contributed by atoms with van der Waals surface area (Å²) in [5.74, 6) is 0. The maximum atomic E-state index is 12.6. The summed E-state index contributed by atoms with van der Waals surface area (Å²) in [5.41, 5.74) is 0.704. The molecule has 0 aliphatic carbocycles. The van der Waals surface area contributed by atoms with Crippen LogP contribution in [0.2, 0.25) is 0 Å². The second-order valence-electron chi connectivity index (χ2n) is 4.10. The molecule has 0 spiro atoms. The molecule has 96 valence electrons. The Kier molecular flexibility index (Phi) is 3.10. The van der Waals surface area contributed by atoms with Gasteiger partial charge in [-0.3, -0.25) is 0 Å². The van der Waals surface area contributed by atoms with E-state index < -0.39 is 10.0 Å². The Hall–Kier alpha value is -1.34. The maximum absolute atomic E-state index is 12.6. The van der Waals surface area contributed by atoms with E-state index in [1.54, 1.807) is 36.5 Å². The van der Waals surface area contributed by atoms with Gasteiger partial charge in [-0.2, -0.15) is 0 Å². The molecular weight excluding hydrogens is 373 g/mol. The van der Waals surface area contributed by atoms with Crippen molar-refractivity contribution in [3.8, 4) is 0 Å². The molecule has 19 heavy (non-hydrogen) atoms. The molecule has 0 aliphatic rings. The average molecular weight is 383 g/mol. The second kappa shape index (κ2) is 4.64. The zero-order valence-electron chi connectivity index (χ0n) is 9.82. The van der Waals surface area contributed by atoms with Crippen LogP contribution >= 0.6 is 22.6 Å². The lowest BCUT2D eigenvalue weighted by Crippen LogP contribution is -2.11. The van der Waals surface area contributed by atoms with Crippen molar-refractivity contribution in [1.82, 2.24) is 3.97 Å². The lowest BCUT2D eigenvalue weighted by molar-refractivity contribution is 0.589. The minimum atomic E-state index is -3.53. The van der Waals surface area contributed by atoms with E-state index in [0.717, 1.165) is 8.96 Å². The largest absolute Gasteiger partial charge is 0.268 e. The van der Waals surface area contributed by atoms with Gasteiger partial charge in [-0.15, -0.1) is 0 Å². The highest BCUT2D eigenvalue weighted by molar-refractivity contribution is 14.1. The van der Waals surface area contributed by atoms with Crippen LogP contribution in [0.15, 0.2) is 65.7 Å². The lowest BCUT2D eigenvalue weighted by Gasteiger charge is -2.07. The van der Waals surface area contributed by atoms with E-state index in [-0.39, 0.29) is 0 Å². The normalized spacial score (nSPS) is 11.8.